The minimum absolute atomic E-state index is 0.379. The summed E-state index contributed by atoms with van der Waals surface area (Å²) in [7, 11) is -3.42. The SMILES string of the molecule is O=S(=O)(c1ccc(Br)s1)N1CCN(Cc2c(Cl)ccc3cccnc23)CC1. The van der Waals surface area contributed by atoms with Gasteiger partial charge in [-0.1, -0.05) is 23.7 Å². The van der Waals surface area contributed by atoms with E-state index in [1.165, 1.54) is 11.3 Å². The van der Waals surface area contributed by atoms with Gasteiger partial charge >= 0.3 is 0 Å². The summed E-state index contributed by atoms with van der Waals surface area (Å²) in [4.78, 5) is 6.71. The zero-order valence-corrected chi connectivity index (χ0v) is 18.3. The molecule has 0 saturated carbocycles. The van der Waals surface area contributed by atoms with E-state index in [1.54, 1.807) is 22.6 Å². The van der Waals surface area contributed by atoms with Gasteiger partial charge in [0.2, 0.25) is 0 Å². The molecule has 1 saturated heterocycles. The first-order valence-electron chi connectivity index (χ1n) is 8.45. The highest BCUT2D eigenvalue weighted by Gasteiger charge is 2.30. The largest absolute Gasteiger partial charge is 0.296 e. The van der Waals surface area contributed by atoms with Gasteiger partial charge in [0, 0.05) is 54.9 Å². The van der Waals surface area contributed by atoms with Crippen LogP contribution in [0.25, 0.3) is 10.9 Å². The Bertz CT molecular complexity index is 1080. The number of sulfonamides is 1. The summed E-state index contributed by atoms with van der Waals surface area (Å²) in [6.07, 6.45) is 1.77. The summed E-state index contributed by atoms with van der Waals surface area (Å²) in [6, 6.07) is 11.2. The number of fused-ring (bicyclic) bond motifs is 1. The summed E-state index contributed by atoms with van der Waals surface area (Å²) in [5.74, 6) is 0. The van der Waals surface area contributed by atoms with Crippen LogP contribution in [0.5, 0.6) is 0 Å². The summed E-state index contributed by atoms with van der Waals surface area (Å²) >= 11 is 11.0. The van der Waals surface area contributed by atoms with E-state index in [9.17, 15) is 8.42 Å². The summed E-state index contributed by atoms with van der Waals surface area (Å²) in [5, 5.41) is 1.75. The van der Waals surface area contributed by atoms with Crippen molar-refractivity contribution < 1.29 is 8.42 Å². The Labute approximate surface area is 175 Å². The fraction of sp³-hybridized carbons (Fsp3) is 0.278. The van der Waals surface area contributed by atoms with Crippen molar-refractivity contribution in [3.63, 3.8) is 0 Å². The summed E-state index contributed by atoms with van der Waals surface area (Å²) < 4.78 is 28.3. The number of benzene rings is 1. The Morgan fingerprint density at radius 2 is 1.89 bits per heavy atom. The van der Waals surface area contributed by atoms with Gasteiger partial charge in [0.05, 0.1) is 9.30 Å². The van der Waals surface area contributed by atoms with Gasteiger partial charge in [-0.2, -0.15) is 4.31 Å². The van der Waals surface area contributed by atoms with Gasteiger partial charge in [-0.3, -0.25) is 9.88 Å². The summed E-state index contributed by atoms with van der Waals surface area (Å²) in [5.41, 5.74) is 1.90. The molecule has 0 spiro atoms. The maximum absolute atomic E-state index is 12.8. The Kier molecular flexibility index (Phi) is 5.55. The van der Waals surface area contributed by atoms with Crippen LogP contribution in [0, 0.1) is 0 Å². The number of aromatic nitrogens is 1. The van der Waals surface area contributed by atoms with Gasteiger partial charge in [-0.25, -0.2) is 8.42 Å². The topological polar surface area (TPSA) is 53.5 Å². The Balaban J connectivity index is 1.49. The predicted octanol–water partition coefficient (Wildman–Crippen LogP) is 4.22. The van der Waals surface area contributed by atoms with E-state index < -0.39 is 10.0 Å². The van der Waals surface area contributed by atoms with Crippen LogP contribution in [0.3, 0.4) is 0 Å². The molecule has 5 nitrogen and oxygen atoms in total. The van der Waals surface area contributed by atoms with Crippen molar-refractivity contribution in [1.82, 2.24) is 14.2 Å². The normalized spacial score (nSPS) is 16.8. The first-order valence-corrected chi connectivity index (χ1v) is 11.9. The van der Waals surface area contributed by atoms with Crippen molar-refractivity contribution in [2.45, 2.75) is 10.8 Å². The Morgan fingerprint density at radius 3 is 2.59 bits per heavy atom. The van der Waals surface area contributed by atoms with Gasteiger partial charge < -0.3 is 0 Å². The molecule has 0 amide bonds. The molecule has 0 aliphatic carbocycles. The molecule has 142 valence electrons. The highest BCUT2D eigenvalue weighted by atomic mass is 79.9. The first-order chi connectivity index (χ1) is 12.9. The maximum Gasteiger partial charge on any atom is 0.252 e. The summed E-state index contributed by atoms with van der Waals surface area (Å²) in [6.45, 7) is 2.91. The molecule has 0 atom stereocenters. The van der Waals surface area contributed by atoms with Crippen LogP contribution in [0.4, 0.5) is 0 Å². The van der Waals surface area contributed by atoms with E-state index in [1.807, 2.05) is 24.3 Å². The smallest absolute Gasteiger partial charge is 0.252 e. The van der Waals surface area contributed by atoms with Crippen LogP contribution in [0.15, 0.2) is 50.6 Å². The fourth-order valence-corrected chi connectivity index (χ4v) is 7.05. The third kappa shape index (κ3) is 3.92. The number of pyridine rings is 1. The molecule has 27 heavy (non-hydrogen) atoms. The Morgan fingerprint density at radius 1 is 1.11 bits per heavy atom. The monoisotopic (exact) mass is 485 g/mol. The molecular formula is C18H17BrClN3O2S2. The second kappa shape index (κ2) is 7.77. The standard InChI is InChI=1S/C18H17BrClN3O2S2/c19-16-5-6-17(26-16)27(24,25)23-10-8-22(9-11-23)12-14-15(20)4-3-13-2-1-7-21-18(13)14/h1-7H,8-12H2. The molecule has 1 aromatic carbocycles. The second-order valence-corrected chi connectivity index (χ2v) is 11.4. The average molecular weight is 487 g/mol. The third-order valence-electron chi connectivity index (χ3n) is 4.68. The van der Waals surface area contributed by atoms with Crippen LogP contribution >= 0.6 is 38.9 Å². The molecular weight excluding hydrogens is 470 g/mol. The van der Waals surface area contributed by atoms with Crippen molar-refractivity contribution in [2.24, 2.45) is 0 Å². The average Bonchev–Trinajstić information content (AvgIpc) is 3.12. The molecule has 1 aliphatic rings. The van der Waals surface area contributed by atoms with Crippen molar-refractivity contribution >= 4 is 59.8 Å². The number of nitrogens with zero attached hydrogens (tertiary/aromatic N) is 3. The van der Waals surface area contributed by atoms with E-state index in [4.69, 9.17) is 11.6 Å². The molecule has 2 aromatic heterocycles. The number of hydrogen-bond donors (Lipinski definition) is 0. The number of hydrogen-bond acceptors (Lipinski definition) is 5. The fourth-order valence-electron chi connectivity index (χ4n) is 3.25. The van der Waals surface area contributed by atoms with Gasteiger partial charge in [-0.15, -0.1) is 11.3 Å². The van der Waals surface area contributed by atoms with Crippen molar-refractivity contribution in [2.75, 3.05) is 26.2 Å². The molecule has 0 N–H and O–H groups in total. The molecule has 9 heteroatoms. The minimum Gasteiger partial charge on any atom is -0.296 e. The number of thiophene rings is 1. The molecule has 4 rings (SSSR count). The van der Waals surface area contributed by atoms with Crippen LogP contribution in [0.1, 0.15) is 5.56 Å². The number of halogens is 2. The molecule has 0 bridgehead atoms. The maximum atomic E-state index is 12.8. The highest BCUT2D eigenvalue weighted by Crippen LogP contribution is 2.30. The van der Waals surface area contributed by atoms with Crippen molar-refractivity contribution in [1.29, 1.82) is 0 Å². The lowest BCUT2D eigenvalue weighted by atomic mass is 10.1. The molecule has 3 aromatic rings. The van der Waals surface area contributed by atoms with E-state index in [-0.39, 0.29) is 0 Å². The predicted molar refractivity (Wildman–Crippen MR) is 113 cm³/mol. The zero-order valence-electron chi connectivity index (χ0n) is 14.3. The molecule has 0 unspecified atom stereocenters. The number of rotatable bonds is 4. The van der Waals surface area contributed by atoms with E-state index in [2.05, 4.69) is 25.8 Å². The van der Waals surface area contributed by atoms with Crippen molar-refractivity contribution in [3.8, 4) is 0 Å². The van der Waals surface area contributed by atoms with Crippen LogP contribution in [-0.2, 0) is 16.6 Å². The zero-order chi connectivity index (χ0) is 19.0. The third-order valence-corrected chi connectivity index (χ3v) is 9.02. The lowest BCUT2D eigenvalue weighted by Crippen LogP contribution is -2.48. The van der Waals surface area contributed by atoms with E-state index >= 15 is 0 Å². The lowest BCUT2D eigenvalue weighted by Gasteiger charge is -2.34. The quantitative estimate of drug-likeness (QED) is 0.554. The Hall–Kier alpha value is -1.03. The van der Waals surface area contributed by atoms with Gasteiger partial charge in [-0.05, 0) is 40.2 Å². The number of piperazine rings is 1. The molecule has 3 heterocycles. The van der Waals surface area contributed by atoms with Crippen molar-refractivity contribution in [3.05, 3.63) is 57.0 Å². The molecule has 1 aliphatic heterocycles. The second-order valence-electron chi connectivity index (χ2n) is 6.34. The van der Waals surface area contributed by atoms with Crippen LogP contribution in [0.2, 0.25) is 5.02 Å². The molecule has 0 radical (unpaired) electrons. The highest BCUT2D eigenvalue weighted by molar-refractivity contribution is 9.11. The lowest BCUT2D eigenvalue weighted by molar-refractivity contribution is 0.182. The molecule has 1 fully saturated rings. The van der Waals surface area contributed by atoms with Gasteiger partial charge in [0.15, 0.2) is 0 Å². The van der Waals surface area contributed by atoms with Crippen LogP contribution < -0.4 is 0 Å². The minimum atomic E-state index is -3.42. The van der Waals surface area contributed by atoms with E-state index in [0.717, 1.165) is 20.3 Å². The van der Waals surface area contributed by atoms with Gasteiger partial charge in [0.25, 0.3) is 10.0 Å². The van der Waals surface area contributed by atoms with Gasteiger partial charge in [0.1, 0.15) is 4.21 Å². The van der Waals surface area contributed by atoms with E-state index in [0.29, 0.717) is 42.0 Å². The van der Waals surface area contributed by atoms with Crippen LogP contribution in [-0.4, -0.2) is 48.8 Å². The first kappa shape index (κ1) is 19.3.